The molecule has 0 bridgehead atoms. The molecule has 0 radical (unpaired) electrons. The molecule has 5 heterocycles. The summed E-state index contributed by atoms with van der Waals surface area (Å²) in [5, 5.41) is 8.40. The molecule has 0 aliphatic carbocycles. The van der Waals surface area contributed by atoms with E-state index in [-0.39, 0.29) is 16.9 Å². The predicted octanol–water partition coefficient (Wildman–Crippen LogP) is 2.69. The van der Waals surface area contributed by atoms with E-state index in [2.05, 4.69) is 27.0 Å². The summed E-state index contributed by atoms with van der Waals surface area (Å²) in [5.74, 6) is 6.27. The van der Waals surface area contributed by atoms with Gasteiger partial charge in [0.15, 0.2) is 5.82 Å². The van der Waals surface area contributed by atoms with Gasteiger partial charge in [-0.05, 0) is 24.3 Å². The second-order valence-corrected chi connectivity index (χ2v) is 8.49. The molecule has 11 nitrogen and oxygen atoms in total. The van der Waals surface area contributed by atoms with E-state index in [0.717, 1.165) is 11.3 Å². The van der Waals surface area contributed by atoms with Crippen molar-refractivity contribution in [2.75, 3.05) is 5.73 Å². The highest BCUT2D eigenvalue weighted by atomic mass is 16.3. The predicted molar refractivity (Wildman–Crippen MR) is 146 cm³/mol. The normalized spacial score (nSPS) is 10.6. The van der Waals surface area contributed by atoms with E-state index < -0.39 is 5.91 Å². The molecule has 0 fully saturated rings. The Morgan fingerprint density at radius 2 is 1.87 bits per heavy atom. The number of fused-ring (bicyclic) bond motifs is 2. The number of anilines is 1. The Balaban J connectivity index is 0.000000198. The topological polar surface area (TPSA) is 152 Å². The van der Waals surface area contributed by atoms with Crippen molar-refractivity contribution in [1.29, 1.82) is 0 Å². The van der Waals surface area contributed by atoms with Crippen LogP contribution in [0.4, 0.5) is 5.82 Å². The number of nitrogens with two attached hydrogens (primary N) is 2. The molecule has 0 aliphatic rings. The number of carbonyl (C=O) groups excluding carboxylic acids is 1. The first-order valence-electron chi connectivity index (χ1n) is 12.0. The van der Waals surface area contributed by atoms with E-state index in [1.807, 2.05) is 50.5 Å². The van der Waals surface area contributed by atoms with Crippen LogP contribution in [0.1, 0.15) is 34.2 Å². The van der Waals surface area contributed by atoms with Gasteiger partial charge in [0.25, 0.3) is 11.5 Å². The minimum atomic E-state index is -0.557. The Bertz CT molecular complexity index is 1930. The van der Waals surface area contributed by atoms with Crippen LogP contribution in [0.15, 0.2) is 82.6 Å². The van der Waals surface area contributed by atoms with Gasteiger partial charge in [-0.25, -0.2) is 4.52 Å². The van der Waals surface area contributed by atoms with Gasteiger partial charge in [-0.15, -0.1) is 5.10 Å². The van der Waals surface area contributed by atoms with Crippen molar-refractivity contribution in [2.24, 2.45) is 12.8 Å². The van der Waals surface area contributed by atoms with Crippen molar-refractivity contribution in [3.8, 4) is 17.5 Å². The molecule has 39 heavy (non-hydrogen) atoms. The van der Waals surface area contributed by atoms with E-state index in [0.29, 0.717) is 34.4 Å². The lowest BCUT2D eigenvalue weighted by Crippen LogP contribution is -2.23. The number of benzene rings is 1. The third-order valence-electron chi connectivity index (χ3n) is 5.87. The maximum atomic E-state index is 13.2. The summed E-state index contributed by atoms with van der Waals surface area (Å²) in [5.41, 5.74) is 13.8. The standard InChI is InChI=1S/C20H16N4O2.C8H8N4O/c1-3-17-22-19-18(20(25)24(17)16-7-5-4-6-8-16)15(13-26-19)10-9-14-11-21-23(2)12-14;9-7-6(8(10)13)5-3-1-2-4-12(5)11-7/h4-8,11-13H,3H2,1-2H3;1-4H,(H2,9,11)(H2,10,13). The summed E-state index contributed by atoms with van der Waals surface area (Å²) in [6, 6.07) is 14.8. The number of carbonyl (C=O) groups is 1. The molecule has 0 unspecified atom stereocenters. The Kier molecular flexibility index (Phi) is 6.67. The largest absolute Gasteiger partial charge is 0.445 e. The third-order valence-corrected chi connectivity index (χ3v) is 5.87. The smallest absolute Gasteiger partial charge is 0.270 e. The lowest BCUT2D eigenvalue weighted by Gasteiger charge is -2.10. The summed E-state index contributed by atoms with van der Waals surface area (Å²) in [6.45, 7) is 1.96. The second kappa shape index (κ2) is 10.4. The molecule has 6 aromatic rings. The Hall–Kier alpha value is -5.63. The number of primary amides is 1. The molecule has 0 atom stereocenters. The Morgan fingerprint density at radius 3 is 2.56 bits per heavy atom. The van der Waals surface area contributed by atoms with Gasteiger partial charge in [-0.3, -0.25) is 18.8 Å². The van der Waals surface area contributed by atoms with Crippen LogP contribution in [0.25, 0.3) is 22.3 Å². The van der Waals surface area contributed by atoms with Crippen molar-refractivity contribution >= 4 is 28.3 Å². The van der Waals surface area contributed by atoms with Gasteiger partial charge in [0, 0.05) is 25.9 Å². The molecule has 0 saturated carbocycles. The quantitative estimate of drug-likeness (QED) is 0.340. The van der Waals surface area contributed by atoms with Crippen LogP contribution in [0.5, 0.6) is 0 Å². The lowest BCUT2D eigenvalue weighted by molar-refractivity contribution is 0.100. The molecule has 194 valence electrons. The van der Waals surface area contributed by atoms with Gasteiger partial charge < -0.3 is 15.9 Å². The number of rotatable bonds is 3. The molecule has 1 amide bonds. The van der Waals surface area contributed by atoms with Gasteiger partial charge in [-0.1, -0.05) is 43.0 Å². The highest BCUT2D eigenvalue weighted by molar-refractivity contribution is 6.04. The van der Waals surface area contributed by atoms with Crippen molar-refractivity contribution in [1.82, 2.24) is 28.9 Å². The summed E-state index contributed by atoms with van der Waals surface area (Å²) < 4.78 is 10.3. The first kappa shape index (κ1) is 25.0. The van der Waals surface area contributed by atoms with E-state index in [9.17, 15) is 9.59 Å². The molecular formula is C28H24N8O3. The average Bonchev–Trinajstić information content (AvgIpc) is 3.63. The van der Waals surface area contributed by atoms with Crippen molar-refractivity contribution in [3.63, 3.8) is 0 Å². The summed E-state index contributed by atoms with van der Waals surface area (Å²) in [7, 11) is 1.83. The highest BCUT2D eigenvalue weighted by Gasteiger charge is 2.17. The molecule has 4 N–H and O–H groups in total. The van der Waals surface area contributed by atoms with Crippen molar-refractivity contribution < 1.29 is 9.21 Å². The zero-order valence-corrected chi connectivity index (χ0v) is 21.2. The van der Waals surface area contributed by atoms with Crippen LogP contribution >= 0.6 is 0 Å². The van der Waals surface area contributed by atoms with Crippen molar-refractivity contribution in [2.45, 2.75) is 13.3 Å². The fourth-order valence-electron chi connectivity index (χ4n) is 4.10. The van der Waals surface area contributed by atoms with Gasteiger partial charge in [-0.2, -0.15) is 10.1 Å². The zero-order valence-electron chi connectivity index (χ0n) is 21.2. The Morgan fingerprint density at radius 1 is 1.10 bits per heavy atom. The van der Waals surface area contributed by atoms with Gasteiger partial charge in [0.2, 0.25) is 5.71 Å². The average molecular weight is 521 g/mol. The number of nitrogen functional groups attached to an aromatic ring is 1. The van der Waals surface area contributed by atoms with E-state index in [1.54, 1.807) is 39.8 Å². The number of aromatic nitrogens is 6. The minimum absolute atomic E-state index is 0.165. The Labute approximate surface area is 222 Å². The van der Waals surface area contributed by atoms with Crippen LogP contribution in [0, 0.1) is 11.8 Å². The van der Waals surface area contributed by atoms with Gasteiger partial charge in [0.05, 0.1) is 28.5 Å². The monoisotopic (exact) mass is 520 g/mol. The van der Waals surface area contributed by atoms with Crippen LogP contribution < -0.4 is 17.0 Å². The number of para-hydroxylation sites is 1. The SMILES string of the molecule is CCc1nc2occ(C#Cc3cnn(C)c3)c2c(=O)n1-c1ccccc1.NC(=O)c1c(N)nn2ccccc12. The number of hydrogen-bond donors (Lipinski definition) is 2. The van der Waals surface area contributed by atoms with E-state index >= 15 is 0 Å². The van der Waals surface area contributed by atoms with Crippen molar-refractivity contribution in [3.05, 3.63) is 106 Å². The molecule has 0 aliphatic heterocycles. The maximum Gasteiger partial charge on any atom is 0.270 e. The maximum absolute atomic E-state index is 13.2. The molecule has 0 saturated heterocycles. The molecule has 11 heteroatoms. The zero-order chi connectivity index (χ0) is 27.5. The number of hydrogen-bond acceptors (Lipinski definition) is 7. The van der Waals surface area contributed by atoms with Gasteiger partial charge in [0.1, 0.15) is 23.0 Å². The number of aryl methyl sites for hydroxylation is 2. The number of amides is 1. The fraction of sp³-hybridized carbons (Fsp3) is 0.107. The number of furan rings is 1. The van der Waals surface area contributed by atoms with E-state index in [1.165, 1.54) is 10.8 Å². The first-order valence-corrected chi connectivity index (χ1v) is 12.0. The highest BCUT2D eigenvalue weighted by Crippen LogP contribution is 2.18. The molecule has 1 aromatic carbocycles. The van der Waals surface area contributed by atoms with Crippen LogP contribution in [0.2, 0.25) is 0 Å². The molecule has 6 rings (SSSR count). The van der Waals surface area contributed by atoms with E-state index in [4.69, 9.17) is 15.9 Å². The first-order chi connectivity index (χ1) is 18.9. The fourth-order valence-corrected chi connectivity index (χ4v) is 4.10. The van der Waals surface area contributed by atoms with Crippen LogP contribution in [0.3, 0.4) is 0 Å². The summed E-state index contributed by atoms with van der Waals surface area (Å²) in [6.07, 6.45) is 7.28. The molecule has 0 spiro atoms. The van der Waals surface area contributed by atoms with Gasteiger partial charge >= 0.3 is 0 Å². The third kappa shape index (κ3) is 4.86. The summed E-state index contributed by atoms with van der Waals surface area (Å²) in [4.78, 5) is 28.7. The number of nitrogens with zero attached hydrogens (tertiary/aromatic N) is 6. The molecular weight excluding hydrogens is 496 g/mol. The minimum Gasteiger partial charge on any atom is -0.445 e. The summed E-state index contributed by atoms with van der Waals surface area (Å²) >= 11 is 0. The van der Waals surface area contributed by atoms with Crippen LogP contribution in [-0.4, -0.2) is 34.9 Å². The number of pyridine rings is 1. The second-order valence-electron chi connectivity index (χ2n) is 8.49. The lowest BCUT2D eigenvalue weighted by atomic mass is 10.2. The van der Waals surface area contributed by atoms with Crippen LogP contribution in [-0.2, 0) is 13.5 Å². The molecule has 5 aromatic heterocycles.